The first-order valence-corrected chi connectivity index (χ1v) is 7.83. The zero-order chi connectivity index (χ0) is 15.8. The van der Waals surface area contributed by atoms with Crippen LogP contribution in [0.25, 0.3) is 23.1 Å². The number of fused-ring (bicyclic) bond motifs is 2. The highest BCUT2D eigenvalue weighted by Crippen LogP contribution is 2.20. The highest BCUT2D eigenvalue weighted by Gasteiger charge is 2.21. The molecule has 114 valence electrons. The van der Waals surface area contributed by atoms with Gasteiger partial charge in [0.15, 0.2) is 0 Å². The summed E-state index contributed by atoms with van der Waals surface area (Å²) in [5.41, 5.74) is 2.78. The summed E-state index contributed by atoms with van der Waals surface area (Å²) in [6.07, 6.45) is 6.60. The first kappa shape index (κ1) is 13.9. The SMILES string of the molecule is CC1Cc2nc3cc(/C=C/c4ccccn4)ccc3c(=O)n2C1. The summed E-state index contributed by atoms with van der Waals surface area (Å²) in [4.78, 5) is 21.5. The molecule has 4 nitrogen and oxygen atoms in total. The minimum Gasteiger partial charge on any atom is -0.296 e. The second-order valence-electron chi connectivity index (χ2n) is 6.12. The van der Waals surface area contributed by atoms with E-state index in [9.17, 15) is 4.79 Å². The Labute approximate surface area is 134 Å². The molecule has 0 saturated carbocycles. The van der Waals surface area contributed by atoms with Crippen molar-refractivity contribution in [2.24, 2.45) is 5.92 Å². The van der Waals surface area contributed by atoms with Crippen LogP contribution in [-0.2, 0) is 13.0 Å². The van der Waals surface area contributed by atoms with Crippen molar-refractivity contribution in [2.45, 2.75) is 19.9 Å². The number of rotatable bonds is 2. The molecule has 0 amide bonds. The molecule has 23 heavy (non-hydrogen) atoms. The van der Waals surface area contributed by atoms with Gasteiger partial charge in [0.05, 0.1) is 16.6 Å². The van der Waals surface area contributed by atoms with Crippen LogP contribution in [0.5, 0.6) is 0 Å². The molecule has 0 radical (unpaired) electrons. The molecule has 1 unspecified atom stereocenters. The molecule has 0 N–H and O–H groups in total. The number of hydrogen-bond donors (Lipinski definition) is 0. The third-order valence-electron chi connectivity index (χ3n) is 4.22. The lowest BCUT2D eigenvalue weighted by Crippen LogP contribution is -2.21. The Morgan fingerprint density at radius 3 is 2.96 bits per heavy atom. The Morgan fingerprint density at radius 1 is 1.22 bits per heavy atom. The van der Waals surface area contributed by atoms with Crippen molar-refractivity contribution in [1.29, 1.82) is 0 Å². The molecule has 0 spiro atoms. The summed E-state index contributed by atoms with van der Waals surface area (Å²) in [5, 5.41) is 0.692. The molecule has 0 saturated heterocycles. The molecule has 0 aliphatic carbocycles. The molecule has 0 fully saturated rings. The fourth-order valence-electron chi connectivity index (χ4n) is 3.08. The Morgan fingerprint density at radius 2 is 2.13 bits per heavy atom. The standard InChI is InChI=1S/C19H17N3O/c1-13-10-18-21-17-11-14(5-7-15-4-2-3-9-20-15)6-8-16(17)19(23)22(18)12-13/h2-9,11,13H,10,12H2,1H3/b7-5+. The number of aromatic nitrogens is 3. The van der Waals surface area contributed by atoms with Crippen molar-refractivity contribution in [3.8, 4) is 0 Å². The third-order valence-corrected chi connectivity index (χ3v) is 4.22. The van der Waals surface area contributed by atoms with Crippen molar-refractivity contribution in [3.63, 3.8) is 0 Å². The largest absolute Gasteiger partial charge is 0.296 e. The molecular formula is C19H17N3O. The van der Waals surface area contributed by atoms with E-state index in [0.717, 1.165) is 35.6 Å². The average Bonchev–Trinajstić information content (AvgIpc) is 2.94. The van der Waals surface area contributed by atoms with E-state index in [-0.39, 0.29) is 5.56 Å². The van der Waals surface area contributed by atoms with Gasteiger partial charge < -0.3 is 0 Å². The summed E-state index contributed by atoms with van der Waals surface area (Å²) in [6, 6.07) is 11.6. The predicted molar refractivity (Wildman–Crippen MR) is 92.0 cm³/mol. The molecule has 3 heterocycles. The molecule has 0 bridgehead atoms. The quantitative estimate of drug-likeness (QED) is 0.730. The van der Waals surface area contributed by atoms with E-state index in [1.165, 1.54) is 0 Å². The van der Waals surface area contributed by atoms with Crippen LogP contribution in [0.2, 0.25) is 0 Å². The van der Waals surface area contributed by atoms with Crippen LogP contribution in [-0.4, -0.2) is 14.5 Å². The predicted octanol–water partition coefficient (Wildman–Crippen LogP) is 3.15. The maximum atomic E-state index is 12.6. The van der Waals surface area contributed by atoms with Gasteiger partial charge in [-0.2, -0.15) is 0 Å². The first-order valence-electron chi connectivity index (χ1n) is 7.83. The molecule has 4 heteroatoms. The van der Waals surface area contributed by atoms with Crippen molar-refractivity contribution in [1.82, 2.24) is 14.5 Å². The van der Waals surface area contributed by atoms with Crippen LogP contribution >= 0.6 is 0 Å². The second kappa shape index (κ2) is 5.47. The fourth-order valence-corrected chi connectivity index (χ4v) is 3.08. The lowest BCUT2D eigenvalue weighted by Gasteiger charge is -2.05. The fraction of sp³-hybridized carbons (Fsp3) is 0.211. The van der Waals surface area contributed by atoms with Crippen molar-refractivity contribution < 1.29 is 0 Å². The van der Waals surface area contributed by atoms with Gasteiger partial charge >= 0.3 is 0 Å². The minimum atomic E-state index is 0.0783. The molecule has 1 aromatic carbocycles. The van der Waals surface area contributed by atoms with Crippen LogP contribution in [0.15, 0.2) is 47.4 Å². The van der Waals surface area contributed by atoms with Crippen LogP contribution in [0, 0.1) is 5.92 Å². The lowest BCUT2D eigenvalue weighted by molar-refractivity contribution is 0.558. The number of benzene rings is 1. The summed E-state index contributed by atoms with van der Waals surface area (Å²) < 4.78 is 1.82. The number of hydrogen-bond acceptors (Lipinski definition) is 3. The molecule has 1 aliphatic rings. The lowest BCUT2D eigenvalue weighted by atomic mass is 10.1. The molecule has 3 aromatic rings. The first-order chi connectivity index (χ1) is 11.2. The Kier molecular flexibility index (Phi) is 3.30. The van der Waals surface area contributed by atoms with Crippen LogP contribution in [0.1, 0.15) is 24.0 Å². The van der Waals surface area contributed by atoms with Crippen molar-refractivity contribution in [3.05, 3.63) is 70.0 Å². The van der Waals surface area contributed by atoms with Gasteiger partial charge in [0.25, 0.3) is 5.56 Å². The molecule has 4 rings (SSSR count). The van der Waals surface area contributed by atoms with E-state index in [2.05, 4.69) is 11.9 Å². The summed E-state index contributed by atoms with van der Waals surface area (Å²) in [6.45, 7) is 2.93. The van der Waals surface area contributed by atoms with Crippen molar-refractivity contribution in [2.75, 3.05) is 0 Å². The Hall–Kier alpha value is -2.75. The summed E-state index contributed by atoms with van der Waals surface area (Å²) in [7, 11) is 0. The van der Waals surface area contributed by atoms with Gasteiger partial charge in [-0.05, 0) is 41.8 Å². The van der Waals surface area contributed by atoms with Gasteiger partial charge in [-0.15, -0.1) is 0 Å². The molecular weight excluding hydrogens is 286 g/mol. The zero-order valence-corrected chi connectivity index (χ0v) is 12.9. The zero-order valence-electron chi connectivity index (χ0n) is 12.9. The smallest absolute Gasteiger partial charge is 0.261 e. The Bertz CT molecular complexity index is 958. The minimum absolute atomic E-state index is 0.0783. The van der Waals surface area contributed by atoms with Gasteiger partial charge in [0, 0.05) is 19.2 Å². The maximum Gasteiger partial charge on any atom is 0.261 e. The van der Waals surface area contributed by atoms with E-state index in [4.69, 9.17) is 4.98 Å². The monoisotopic (exact) mass is 303 g/mol. The maximum absolute atomic E-state index is 12.6. The topological polar surface area (TPSA) is 47.8 Å². The normalized spacial score (nSPS) is 17.0. The van der Waals surface area contributed by atoms with Gasteiger partial charge in [0.2, 0.25) is 0 Å². The van der Waals surface area contributed by atoms with Gasteiger partial charge in [-0.1, -0.05) is 25.1 Å². The third kappa shape index (κ3) is 2.57. The van der Waals surface area contributed by atoms with Gasteiger partial charge in [-0.25, -0.2) is 4.98 Å². The van der Waals surface area contributed by atoms with E-state index in [1.807, 2.05) is 53.1 Å². The van der Waals surface area contributed by atoms with Crippen LogP contribution in [0.4, 0.5) is 0 Å². The van der Waals surface area contributed by atoms with Crippen LogP contribution in [0.3, 0.4) is 0 Å². The molecule has 1 atom stereocenters. The van der Waals surface area contributed by atoms with E-state index >= 15 is 0 Å². The van der Waals surface area contributed by atoms with Gasteiger partial charge in [-0.3, -0.25) is 14.3 Å². The van der Waals surface area contributed by atoms with E-state index in [0.29, 0.717) is 11.3 Å². The molecule has 1 aliphatic heterocycles. The summed E-state index contributed by atoms with van der Waals surface area (Å²) in [5.74, 6) is 1.39. The number of nitrogens with zero attached hydrogens (tertiary/aromatic N) is 3. The van der Waals surface area contributed by atoms with Gasteiger partial charge in [0.1, 0.15) is 5.82 Å². The highest BCUT2D eigenvalue weighted by atomic mass is 16.1. The Balaban J connectivity index is 1.76. The summed E-state index contributed by atoms with van der Waals surface area (Å²) >= 11 is 0. The van der Waals surface area contributed by atoms with E-state index in [1.54, 1.807) is 6.20 Å². The average molecular weight is 303 g/mol. The second-order valence-corrected chi connectivity index (χ2v) is 6.12. The van der Waals surface area contributed by atoms with Crippen LogP contribution < -0.4 is 5.56 Å². The number of pyridine rings is 1. The molecule has 2 aromatic heterocycles. The highest BCUT2D eigenvalue weighted by molar-refractivity contribution is 5.82. The van der Waals surface area contributed by atoms with E-state index < -0.39 is 0 Å². The van der Waals surface area contributed by atoms with Crippen molar-refractivity contribution >= 4 is 23.1 Å².